The fourth-order valence-electron chi connectivity index (χ4n) is 3.57. The Balaban J connectivity index is 1.90. The molecule has 1 unspecified atom stereocenters. The molecule has 0 bridgehead atoms. The van der Waals surface area contributed by atoms with Gasteiger partial charge in [-0.15, -0.1) is 11.3 Å². The predicted molar refractivity (Wildman–Crippen MR) is 118 cm³/mol. The van der Waals surface area contributed by atoms with Gasteiger partial charge < -0.3 is 19.8 Å². The van der Waals surface area contributed by atoms with Gasteiger partial charge in [0.15, 0.2) is 0 Å². The Morgan fingerprint density at radius 2 is 1.90 bits per heavy atom. The van der Waals surface area contributed by atoms with E-state index < -0.39 is 17.7 Å². The highest BCUT2D eigenvalue weighted by molar-refractivity contribution is 7.09. The predicted octanol–water partition coefficient (Wildman–Crippen LogP) is 4.74. The first-order chi connectivity index (χ1) is 14.9. The lowest BCUT2D eigenvalue weighted by Crippen LogP contribution is -2.28. The van der Waals surface area contributed by atoms with Crippen LogP contribution in [-0.4, -0.2) is 33.9 Å². The lowest BCUT2D eigenvalue weighted by Gasteiger charge is -2.25. The topological polar surface area (TPSA) is 87.1 Å². The van der Waals surface area contributed by atoms with Crippen LogP contribution in [0.5, 0.6) is 11.5 Å². The quantitative estimate of drug-likeness (QED) is 0.329. The standard InChI is InChI=1S/C23H18ClNO5S/c1-30-15-8-9-18(24)17(11-15)21(27)19-20(13-4-6-14(26)7-5-13)25(23(29)22(19)28)12-16-3-2-10-31-16/h2-11,20,26-27H,12H2,1H3/b21-19+. The fraction of sp³-hybridized carbons (Fsp3) is 0.130. The van der Waals surface area contributed by atoms with Gasteiger partial charge in [0.05, 0.1) is 30.3 Å². The second-order valence-corrected chi connectivity index (χ2v) is 8.38. The van der Waals surface area contributed by atoms with Gasteiger partial charge in [0, 0.05) is 10.4 Å². The molecule has 1 fully saturated rings. The maximum atomic E-state index is 13.0. The zero-order chi connectivity index (χ0) is 22.1. The van der Waals surface area contributed by atoms with Crippen molar-refractivity contribution in [2.45, 2.75) is 12.6 Å². The lowest BCUT2D eigenvalue weighted by molar-refractivity contribution is -0.140. The van der Waals surface area contributed by atoms with E-state index in [0.29, 0.717) is 11.3 Å². The third-order valence-electron chi connectivity index (χ3n) is 5.08. The van der Waals surface area contributed by atoms with E-state index in [1.807, 2.05) is 17.5 Å². The number of amides is 1. The molecule has 1 atom stereocenters. The van der Waals surface area contributed by atoms with Gasteiger partial charge in [-0.1, -0.05) is 29.8 Å². The van der Waals surface area contributed by atoms with Crippen LogP contribution in [0.1, 0.15) is 22.0 Å². The van der Waals surface area contributed by atoms with Crippen LogP contribution in [0.15, 0.2) is 65.6 Å². The molecule has 31 heavy (non-hydrogen) atoms. The number of likely N-dealkylation sites (tertiary alicyclic amines) is 1. The SMILES string of the molecule is COc1ccc(Cl)c(/C(O)=C2\C(=O)C(=O)N(Cc3cccs3)C2c2ccc(O)cc2)c1. The molecule has 2 N–H and O–H groups in total. The molecule has 2 aromatic carbocycles. The van der Waals surface area contributed by atoms with E-state index in [1.54, 1.807) is 24.3 Å². The molecule has 4 rings (SSSR count). The van der Waals surface area contributed by atoms with Gasteiger partial charge in [-0.2, -0.15) is 0 Å². The Labute approximate surface area is 187 Å². The van der Waals surface area contributed by atoms with Gasteiger partial charge in [0.1, 0.15) is 17.3 Å². The van der Waals surface area contributed by atoms with Gasteiger partial charge in [-0.25, -0.2) is 0 Å². The Morgan fingerprint density at radius 1 is 1.16 bits per heavy atom. The van der Waals surface area contributed by atoms with Crippen LogP contribution in [0.4, 0.5) is 0 Å². The third-order valence-corrected chi connectivity index (χ3v) is 6.27. The summed E-state index contributed by atoms with van der Waals surface area (Å²) in [4.78, 5) is 28.3. The van der Waals surface area contributed by atoms with Crippen molar-refractivity contribution >= 4 is 40.4 Å². The summed E-state index contributed by atoms with van der Waals surface area (Å²) < 4.78 is 5.21. The molecule has 8 heteroatoms. The monoisotopic (exact) mass is 455 g/mol. The van der Waals surface area contributed by atoms with Crippen LogP contribution >= 0.6 is 22.9 Å². The van der Waals surface area contributed by atoms with E-state index in [0.717, 1.165) is 4.88 Å². The molecule has 0 saturated carbocycles. The number of hydrogen-bond donors (Lipinski definition) is 2. The number of thiophene rings is 1. The molecule has 1 amide bonds. The number of carbonyl (C=O) groups excluding carboxylic acids is 2. The molecular weight excluding hydrogens is 438 g/mol. The summed E-state index contributed by atoms with van der Waals surface area (Å²) in [5.74, 6) is -1.40. The zero-order valence-corrected chi connectivity index (χ0v) is 18.0. The number of carbonyl (C=O) groups is 2. The van der Waals surface area contributed by atoms with Crippen molar-refractivity contribution in [3.05, 3.63) is 86.6 Å². The van der Waals surface area contributed by atoms with Crippen LogP contribution in [0.2, 0.25) is 5.02 Å². The number of methoxy groups -OCH3 is 1. The first-order valence-corrected chi connectivity index (χ1v) is 10.6. The molecule has 158 valence electrons. The van der Waals surface area contributed by atoms with Crippen LogP contribution in [0.25, 0.3) is 5.76 Å². The number of aliphatic hydroxyl groups is 1. The summed E-state index contributed by atoms with van der Waals surface area (Å²) >= 11 is 7.75. The molecule has 1 saturated heterocycles. The van der Waals surface area contributed by atoms with Gasteiger partial charge in [0.25, 0.3) is 11.7 Å². The number of aromatic hydroxyl groups is 1. The van der Waals surface area contributed by atoms with Crippen LogP contribution in [0, 0.1) is 0 Å². The van der Waals surface area contributed by atoms with Crippen LogP contribution in [0.3, 0.4) is 0 Å². The zero-order valence-electron chi connectivity index (χ0n) is 16.4. The maximum absolute atomic E-state index is 13.0. The highest BCUT2D eigenvalue weighted by Crippen LogP contribution is 2.42. The van der Waals surface area contributed by atoms with E-state index in [4.69, 9.17) is 16.3 Å². The summed E-state index contributed by atoms with van der Waals surface area (Å²) in [5.41, 5.74) is 0.704. The Morgan fingerprint density at radius 3 is 2.55 bits per heavy atom. The van der Waals surface area contributed by atoms with Crippen molar-refractivity contribution in [3.63, 3.8) is 0 Å². The number of halogens is 1. The highest BCUT2D eigenvalue weighted by Gasteiger charge is 2.46. The van der Waals surface area contributed by atoms with Crippen molar-refractivity contribution < 1.29 is 24.5 Å². The molecule has 0 radical (unpaired) electrons. The number of nitrogens with zero attached hydrogens (tertiary/aromatic N) is 1. The first kappa shape index (κ1) is 21.0. The number of Topliss-reactive ketones (excluding diaryl/α,β-unsaturated/α-hetero) is 1. The largest absolute Gasteiger partial charge is 0.508 e. The van der Waals surface area contributed by atoms with Gasteiger partial charge in [-0.3, -0.25) is 9.59 Å². The molecule has 1 aliphatic rings. The van der Waals surface area contributed by atoms with Crippen molar-refractivity contribution in [2.75, 3.05) is 7.11 Å². The van der Waals surface area contributed by atoms with Crippen molar-refractivity contribution in [1.82, 2.24) is 4.90 Å². The smallest absolute Gasteiger partial charge is 0.295 e. The Bertz CT molecular complexity index is 1170. The lowest BCUT2D eigenvalue weighted by atomic mass is 9.95. The molecule has 0 aliphatic carbocycles. The van der Waals surface area contributed by atoms with Gasteiger partial charge in [0.2, 0.25) is 0 Å². The second kappa shape index (κ2) is 8.45. The average molecular weight is 456 g/mol. The number of ether oxygens (including phenoxy) is 1. The number of hydrogen-bond acceptors (Lipinski definition) is 6. The first-order valence-electron chi connectivity index (χ1n) is 9.34. The normalized spacial score (nSPS) is 17.9. The van der Waals surface area contributed by atoms with Gasteiger partial charge >= 0.3 is 0 Å². The van der Waals surface area contributed by atoms with E-state index in [-0.39, 0.29) is 34.2 Å². The fourth-order valence-corrected chi connectivity index (χ4v) is 4.48. The number of ketones is 1. The minimum atomic E-state index is -0.843. The molecule has 1 aliphatic heterocycles. The minimum Gasteiger partial charge on any atom is -0.508 e. The number of benzene rings is 2. The summed E-state index contributed by atoms with van der Waals surface area (Å²) in [7, 11) is 1.48. The Hall–Kier alpha value is -3.29. The number of phenols is 1. The Kier molecular flexibility index (Phi) is 5.71. The van der Waals surface area contributed by atoms with E-state index in [2.05, 4.69) is 0 Å². The highest BCUT2D eigenvalue weighted by atomic mass is 35.5. The molecule has 1 aromatic heterocycles. The van der Waals surface area contributed by atoms with Crippen LogP contribution < -0.4 is 4.74 Å². The number of rotatable bonds is 5. The number of phenolic OH excluding ortho intramolecular Hbond substituents is 1. The van der Waals surface area contributed by atoms with E-state index in [9.17, 15) is 19.8 Å². The van der Waals surface area contributed by atoms with Crippen molar-refractivity contribution in [3.8, 4) is 11.5 Å². The molecule has 0 spiro atoms. The second-order valence-electron chi connectivity index (χ2n) is 6.94. The van der Waals surface area contributed by atoms with Crippen molar-refractivity contribution in [1.29, 1.82) is 0 Å². The molecule has 6 nitrogen and oxygen atoms in total. The third kappa shape index (κ3) is 3.89. The summed E-state index contributed by atoms with van der Waals surface area (Å²) in [6.45, 7) is 0.205. The van der Waals surface area contributed by atoms with Crippen LogP contribution in [-0.2, 0) is 16.1 Å². The van der Waals surface area contributed by atoms with Gasteiger partial charge in [-0.05, 0) is 47.3 Å². The van der Waals surface area contributed by atoms with E-state index >= 15 is 0 Å². The summed E-state index contributed by atoms with van der Waals surface area (Å²) in [6, 6.07) is 13.8. The molecule has 2 heterocycles. The van der Waals surface area contributed by atoms with Crippen molar-refractivity contribution in [2.24, 2.45) is 0 Å². The average Bonchev–Trinajstić information content (AvgIpc) is 3.37. The summed E-state index contributed by atoms with van der Waals surface area (Å²) in [5, 5.41) is 22.9. The minimum absolute atomic E-state index is 0.0507. The van der Waals surface area contributed by atoms with E-state index in [1.165, 1.54) is 41.5 Å². The maximum Gasteiger partial charge on any atom is 0.295 e. The number of aliphatic hydroxyl groups excluding tert-OH is 1. The summed E-state index contributed by atoms with van der Waals surface area (Å²) in [6.07, 6.45) is 0. The molecule has 3 aromatic rings. The molecular formula is C23H18ClNO5S.